The van der Waals surface area contributed by atoms with E-state index >= 15 is 0 Å². The Morgan fingerprint density at radius 1 is 1.00 bits per heavy atom. The van der Waals surface area contributed by atoms with Crippen molar-refractivity contribution in [2.24, 2.45) is 11.3 Å². The summed E-state index contributed by atoms with van der Waals surface area (Å²) in [6.45, 7) is 2.48. The molecule has 1 saturated heterocycles. The van der Waals surface area contributed by atoms with E-state index in [1.807, 2.05) is 0 Å². The van der Waals surface area contributed by atoms with Crippen LogP contribution in [0.15, 0.2) is 24.5 Å². The summed E-state index contributed by atoms with van der Waals surface area (Å²) in [4.78, 5) is 15.3. The summed E-state index contributed by atoms with van der Waals surface area (Å²) in [5.74, 6) is 0.618. The average Bonchev–Trinajstić information content (AvgIpc) is 3.14. The zero-order valence-corrected chi connectivity index (χ0v) is 16.0. The summed E-state index contributed by atoms with van der Waals surface area (Å²) in [7, 11) is 0. The van der Waals surface area contributed by atoms with Crippen molar-refractivity contribution >= 4 is 5.91 Å². The van der Waals surface area contributed by atoms with Crippen LogP contribution in [0, 0.1) is 11.3 Å². The molecule has 4 heteroatoms. The van der Waals surface area contributed by atoms with Gasteiger partial charge in [-0.1, -0.05) is 32.1 Å². The Morgan fingerprint density at radius 2 is 1.73 bits per heavy atom. The number of carbonyl (C=O) groups is 1. The molecular formula is C22H34N2O2. The molecule has 1 aromatic rings. The van der Waals surface area contributed by atoms with Crippen LogP contribution in [0.25, 0.3) is 0 Å². The molecule has 1 aromatic heterocycles. The fourth-order valence-electron chi connectivity index (χ4n) is 5.79. The molecular weight excluding hydrogens is 324 g/mol. The van der Waals surface area contributed by atoms with Gasteiger partial charge >= 0.3 is 0 Å². The third-order valence-electron chi connectivity index (χ3n) is 7.40. The highest BCUT2D eigenvalue weighted by Crippen LogP contribution is 2.43. The van der Waals surface area contributed by atoms with E-state index in [0.717, 1.165) is 58.2 Å². The minimum atomic E-state index is -0.497. The molecule has 144 valence electrons. The van der Waals surface area contributed by atoms with Gasteiger partial charge in [-0.05, 0) is 49.7 Å². The van der Waals surface area contributed by atoms with Gasteiger partial charge in [-0.25, -0.2) is 0 Å². The summed E-state index contributed by atoms with van der Waals surface area (Å²) < 4.78 is 2.26. The first-order valence-electron chi connectivity index (χ1n) is 10.7. The molecule has 2 saturated carbocycles. The fraction of sp³-hybridized carbons (Fsp3) is 0.773. The van der Waals surface area contributed by atoms with Crippen LogP contribution in [0.4, 0.5) is 0 Å². The number of likely N-dealkylation sites (tertiary alicyclic amines) is 1. The van der Waals surface area contributed by atoms with E-state index in [9.17, 15) is 9.90 Å². The lowest BCUT2D eigenvalue weighted by molar-refractivity contribution is -0.146. The molecule has 26 heavy (non-hydrogen) atoms. The van der Waals surface area contributed by atoms with Crippen molar-refractivity contribution in [2.75, 3.05) is 13.1 Å². The molecule has 2 heterocycles. The standard InChI is InChI=1S/C22H34N2O2/c25-20(24-15-12-22(26)11-5-2-8-19(22)17-24)16-21(9-3-1-4-10-21)18-23-13-6-7-14-23/h6-7,13-14,19,26H,1-5,8-12,15-18H2. The predicted octanol–water partition coefficient (Wildman–Crippen LogP) is 3.98. The Bertz CT molecular complexity index is 606. The zero-order valence-electron chi connectivity index (χ0n) is 16.0. The van der Waals surface area contributed by atoms with Crippen molar-refractivity contribution in [2.45, 2.75) is 82.8 Å². The van der Waals surface area contributed by atoms with E-state index in [-0.39, 0.29) is 5.41 Å². The SMILES string of the molecule is O=C(CC1(Cn2cccc2)CCCCC1)N1CCC2(O)CCCCC2C1. The van der Waals surface area contributed by atoms with Crippen molar-refractivity contribution < 1.29 is 9.90 Å². The summed E-state index contributed by atoms with van der Waals surface area (Å²) in [5, 5.41) is 10.9. The first-order valence-corrected chi connectivity index (χ1v) is 10.7. The van der Waals surface area contributed by atoms with Gasteiger partial charge in [0.1, 0.15) is 0 Å². The Balaban J connectivity index is 1.43. The van der Waals surface area contributed by atoms with Crippen molar-refractivity contribution in [3.8, 4) is 0 Å². The molecule has 0 spiro atoms. The Morgan fingerprint density at radius 3 is 2.50 bits per heavy atom. The molecule has 3 fully saturated rings. The number of nitrogens with zero attached hydrogens (tertiary/aromatic N) is 2. The summed E-state index contributed by atoms with van der Waals surface area (Å²) >= 11 is 0. The van der Waals surface area contributed by atoms with Gasteiger partial charge in [0.2, 0.25) is 5.91 Å². The highest BCUT2D eigenvalue weighted by Gasteiger charge is 2.45. The molecule has 3 aliphatic rings. The number of amides is 1. The maximum Gasteiger partial charge on any atom is 0.223 e. The summed E-state index contributed by atoms with van der Waals surface area (Å²) in [6.07, 6.45) is 16.2. The van der Waals surface area contributed by atoms with E-state index in [0.29, 0.717) is 18.2 Å². The second-order valence-corrected chi connectivity index (χ2v) is 9.23. The predicted molar refractivity (Wildman–Crippen MR) is 103 cm³/mol. The zero-order chi connectivity index (χ0) is 18.0. The molecule has 0 radical (unpaired) electrons. The van der Waals surface area contributed by atoms with Crippen molar-refractivity contribution in [1.82, 2.24) is 9.47 Å². The largest absolute Gasteiger partial charge is 0.389 e. The van der Waals surface area contributed by atoms with E-state index in [1.54, 1.807) is 0 Å². The van der Waals surface area contributed by atoms with Crippen LogP contribution in [-0.2, 0) is 11.3 Å². The topological polar surface area (TPSA) is 45.5 Å². The van der Waals surface area contributed by atoms with Gasteiger partial charge in [0, 0.05) is 44.4 Å². The van der Waals surface area contributed by atoms with E-state index in [4.69, 9.17) is 0 Å². The maximum absolute atomic E-state index is 13.2. The van der Waals surface area contributed by atoms with Gasteiger partial charge in [0.15, 0.2) is 0 Å². The van der Waals surface area contributed by atoms with Crippen LogP contribution in [0.3, 0.4) is 0 Å². The van der Waals surface area contributed by atoms with Crippen molar-refractivity contribution in [1.29, 1.82) is 0 Å². The lowest BCUT2D eigenvalue weighted by Crippen LogP contribution is -2.55. The Kier molecular flexibility index (Phi) is 5.13. The molecule has 2 unspecified atom stereocenters. The number of aliphatic hydroxyl groups is 1. The van der Waals surface area contributed by atoms with Crippen LogP contribution >= 0.6 is 0 Å². The quantitative estimate of drug-likeness (QED) is 0.885. The Labute approximate surface area is 157 Å². The number of hydrogen-bond donors (Lipinski definition) is 1. The number of rotatable bonds is 4. The van der Waals surface area contributed by atoms with Crippen LogP contribution in [0.5, 0.6) is 0 Å². The fourth-order valence-corrected chi connectivity index (χ4v) is 5.79. The summed E-state index contributed by atoms with van der Waals surface area (Å²) in [5.41, 5.74) is -0.378. The van der Waals surface area contributed by atoms with Gasteiger partial charge < -0.3 is 14.6 Å². The second kappa shape index (κ2) is 7.38. The molecule has 1 N–H and O–H groups in total. The third-order valence-corrected chi connectivity index (χ3v) is 7.40. The Hall–Kier alpha value is -1.29. The molecule has 2 atom stereocenters. The third kappa shape index (κ3) is 3.71. The first kappa shape index (κ1) is 18.1. The van der Waals surface area contributed by atoms with Gasteiger partial charge in [0.25, 0.3) is 0 Å². The number of piperidine rings is 1. The van der Waals surface area contributed by atoms with Crippen LogP contribution in [0.2, 0.25) is 0 Å². The average molecular weight is 359 g/mol. The van der Waals surface area contributed by atoms with E-state index in [1.165, 1.54) is 25.7 Å². The smallest absolute Gasteiger partial charge is 0.223 e. The lowest BCUT2D eigenvalue weighted by atomic mass is 9.69. The van der Waals surface area contributed by atoms with Crippen LogP contribution in [0.1, 0.15) is 70.6 Å². The van der Waals surface area contributed by atoms with Gasteiger partial charge in [-0.15, -0.1) is 0 Å². The monoisotopic (exact) mass is 358 g/mol. The van der Waals surface area contributed by atoms with E-state index < -0.39 is 5.60 Å². The number of fused-ring (bicyclic) bond motifs is 1. The highest BCUT2D eigenvalue weighted by atomic mass is 16.3. The first-order chi connectivity index (χ1) is 12.6. The number of carbonyl (C=O) groups excluding carboxylic acids is 1. The number of hydrogen-bond acceptors (Lipinski definition) is 2. The van der Waals surface area contributed by atoms with Gasteiger partial charge in [-0.3, -0.25) is 4.79 Å². The lowest BCUT2D eigenvalue weighted by Gasteiger charge is -2.48. The minimum Gasteiger partial charge on any atom is -0.389 e. The van der Waals surface area contributed by atoms with Crippen molar-refractivity contribution in [3.63, 3.8) is 0 Å². The molecule has 4 nitrogen and oxygen atoms in total. The highest BCUT2D eigenvalue weighted by molar-refractivity contribution is 5.77. The number of aromatic nitrogens is 1. The van der Waals surface area contributed by atoms with Crippen LogP contribution < -0.4 is 0 Å². The van der Waals surface area contributed by atoms with Crippen molar-refractivity contribution in [3.05, 3.63) is 24.5 Å². The minimum absolute atomic E-state index is 0.120. The summed E-state index contributed by atoms with van der Waals surface area (Å²) in [6, 6.07) is 4.15. The molecule has 0 aromatic carbocycles. The molecule has 1 aliphatic heterocycles. The van der Waals surface area contributed by atoms with E-state index in [2.05, 4.69) is 34.0 Å². The maximum atomic E-state index is 13.2. The van der Waals surface area contributed by atoms with Crippen LogP contribution in [-0.4, -0.2) is 39.2 Å². The normalized spacial score (nSPS) is 31.4. The molecule has 2 aliphatic carbocycles. The molecule has 4 rings (SSSR count). The molecule has 0 bridgehead atoms. The van der Waals surface area contributed by atoms with Gasteiger partial charge in [0.05, 0.1) is 5.60 Å². The second-order valence-electron chi connectivity index (χ2n) is 9.23. The van der Waals surface area contributed by atoms with Gasteiger partial charge in [-0.2, -0.15) is 0 Å². The molecule has 1 amide bonds.